The molecule has 1 N–H and O–H groups in total. The fourth-order valence-corrected chi connectivity index (χ4v) is 3.01. The quantitative estimate of drug-likeness (QED) is 0.827. The molecule has 0 saturated heterocycles. The van der Waals surface area contributed by atoms with Gasteiger partial charge in [-0.3, -0.25) is 4.79 Å². The molecule has 0 aliphatic carbocycles. The number of carbonyl (C=O) groups is 2. The molecule has 2 rings (SSSR count). The van der Waals surface area contributed by atoms with Crippen LogP contribution in [0.2, 0.25) is 5.02 Å². The van der Waals surface area contributed by atoms with Crippen molar-refractivity contribution < 1.29 is 19.4 Å². The molecule has 0 bridgehead atoms. The molecule has 122 valence electrons. The Morgan fingerprint density at radius 2 is 2.00 bits per heavy atom. The van der Waals surface area contributed by atoms with Crippen LogP contribution in [-0.4, -0.2) is 30.6 Å². The van der Waals surface area contributed by atoms with Crippen LogP contribution in [0.1, 0.15) is 11.3 Å². The zero-order valence-electron chi connectivity index (χ0n) is 12.5. The van der Waals surface area contributed by atoms with Gasteiger partial charge < -0.3 is 14.7 Å². The zero-order valence-corrected chi connectivity index (χ0v) is 14.1. The van der Waals surface area contributed by atoms with Crippen LogP contribution < -0.4 is 9.64 Å². The van der Waals surface area contributed by atoms with Gasteiger partial charge in [0.15, 0.2) is 6.61 Å². The van der Waals surface area contributed by atoms with E-state index in [1.54, 1.807) is 47.5 Å². The van der Waals surface area contributed by atoms with E-state index in [0.717, 1.165) is 10.6 Å². The van der Waals surface area contributed by atoms with E-state index in [9.17, 15) is 9.59 Å². The highest BCUT2D eigenvalue weighted by molar-refractivity contribution is 7.10. The van der Waals surface area contributed by atoms with Crippen LogP contribution >= 0.6 is 22.9 Å². The molecule has 0 fully saturated rings. The number of hydrogen-bond acceptors (Lipinski definition) is 4. The first kappa shape index (κ1) is 17.3. The fraction of sp³-hybridized carbons (Fsp3) is 0.250. The first-order chi connectivity index (χ1) is 11.0. The Labute approximate surface area is 143 Å². The first-order valence-corrected chi connectivity index (χ1v) is 8.15. The lowest BCUT2D eigenvalue weighted by Gasteiger charge is -2.17. The molecule has 5 nitrogen and oxygen atoms in total. The minimum Gasteiger partial charge on any atom is -0.482 e. The van der Waals surface area contributed by atoms with Crippen molar-refractivity contribution in [3.63, 3.8) is 0 Å². The van der Waals surface area contributed by atoms with Crippen molar-refractivity contribution in [1.29, 1.82) is 0 Å². The van der Waals surface area contributed by atoms with Crippen molar-refractivity contribution in [2.45, 2.75) is 12.8 Å². The number of aryl methyl sites for hydroxylation is 1. The van der Waals surface area contributed by atoms with E-state index in [0.29, 0.717) is 23.6 Å². The highest BCUT2D eigenvalue weighted by Crippen LogP contribution is 2.22. The lowest BCUT2D eigenvalue weighted by Crippen LogP contribution is -2.26. The van der Waals surface area contributed by atoms with Gasteiger partial charge in [-0.05, 0) is 36.8 Å². The van der Waals surface area contributed by atoms with Crippen LogP contribution in [0, 0.1) is 0 Å². The highest BCUT2D eigenvalue weighted by Gasteiger charge is 2.12. The molecule has 0 unspecified atom stereocenters. The number of benzene rings is 1. The van der Waals surface area contributed by atoms with Gasteiger partial charge >= 0.3 is 5.97 Å². The number of thiophene rings is 1. The Hall–Kier alpha value is -2.05. The van der Waals surface area contributed by atoms with Gasteiger partial charge in [0, 0.05) is 29.4 Å². The number of halogens is 1. The Morgan fingerprint density at radius 3 is 2.57 bits per heavy atom. The Kier molecular flexibility index (Phi) is 6.01. The van der Waals surface area contributed by atoms with Crippen molar-refractivity contribution in [3.8, 4) is 5.75 Å². The summed E-state index contributed by atoms with van der Waals surface area (Å²) in [6.07, 6.45) is 1.05. The predicted octanol–water partition coefficient (Wildman–Crippen LogP) is 3.46. The number of anilines is 1. The van der Waals surface area contributed by atoms with Crippen molar-refractivity contribution in [1.82, 2.24) is 0 Å². The molecule has 0 aliphatic rings. The summed E-state index contributed by atoms with van der Waals surface area (Å²) in [4.78, 5) is 25.3. The largest absolute Gasteiger partial charge is 0.482 e. The lowest BCUT2D eigenvalue weighted by atomic mass is 10.2. The molecule has 0 atom stereocenters. The monoisotopic (exact) mass is 353 g/mol. The second-order valence-corrected chi connectivity index (χ2v) is 6.29. The third-order valence-electron chi connectivity index (χ3n) is 3.17. The Balaban J connectivity index is 1.89. The number of hydrogen-bond donors (Lipinski definition) is 1. The van der Waals surface area contributed by atoms with Crippen molar-refractivity contribution >= 4 is 40.5 Å². The van der Waals surface area contributed by atoms with Crippen LogP contribution in [0.25, 0.3) is 0 Å². The second kappa shape index (κ2) is 7.99. The first-order valence-electron chi connectivity index (χ1n) is 6.90. The molecule has 1 heterocycles. The number of amides is 1. The maximum atomic E-state index is 12.2. The SMILES string of the molecule is CN(C(=O)CCc1cc(Cl)cs1)c1ccc(OCC(=O)O)cc1. The van der Waals surface area contributed by atoms with Crippen LogP contribution in [-0.2, 0) is 16.0 Å². The van der Waals surface area contributed by atoms with Crippen molar-refractivity contribution in [2.75, 3.05) is 18.6 Å². The molecule has 0 saturated carbocycles. The summed E-state index contributed by atoms with van der Waals surface area (Å²) < 4.78 is 5.06. The lowest BCUT2D eigenvalue weighted by molar-refractivity contribution is -0.139. The van der Waals surface area contributed by atoms with Crippen LogP contribution in [0.3, 0.4) is 0 Å². The van der Waals surface area contributed by atoms with Gasteiger partial charge in [-0.2, -0.15) is 0 Å². The smallest absolute Gasteiger partial charge is 0.341 e. The normalized spacial score (nSPS) is 10.3. The number of ether oxygens (including phenoxy) is 1. The number of nitrogens with zero attached hydrogens (tertiary/aromatic N) is 1. The van der Waals surface area contributed by atoms with Gasteiger partial charge in [-0.15, -0.1) is 11.3 Å². The molecule has 2 aromatic rings. The van der Waals surface area contributed by atoms with Crippen LogP contribution in [0.4, 0.5) is 5.69 Å². The van der Waals surface area contributed by atoms with Crippen molar-refractivity contribution in [2.24, 2.45) is 0 Å². The van der Waals surface area contributed by atoms with E-state index in [2.05, 4.69) is 0 Å². The number of rotatable bonds is 7. The van der Waals surface area contributed by atoms with Gasteiger partial charge in [0.25, 0.3) is 0 Å². The maximum Gasteiger partial charge on any atom is 0.341 e. The van der Waals surface area contributed by atoms with Crippen LogP contribution in [0.15, 0.2) is 35.7 Å². The third kappa shape index (κ3) is 5.26. The molecule has 7 heteroatoms. The van der Waals surface area contributed by atoms with E-state index in [-0.39, 0.29) is 5.91 Å². The van der Waals surface area contributed by atoms with E-state index < -0.39 is 12.6 Å². The van der Waals surface area contributed by atoms with E-state index >= 15 is 0 Å². The van der Waals surface area contributed by atoms with Gasteiger partial charge in [0.2, 0.25) is 5.91 Å². The van der Waals surface area contributed by atoms with Gasteiger partial charge in [-0.25, -0.2) is 4.79 Å². The topological polar surface area (TPSA) is 66.8 Å². The molecule has 0 aliphatic heterocycles. The van der Waals surface area contributed by atoms with E-state index in [1.165, 1.54) is 0 Å². The third-order valence-corrected chi connectivity index (χ3v) is 4.51. The molecule has 0 spiro atoms. The zero-order chi connectivity index (χ0) is 16.8. The van der Waals surface area contributed by atoms with Gasteiger partial charge in [0.05, 0.1) is 5.02 Å². The number of carbonyl (C=O) groups excluding carboxylic acids is 1. The average Bonchev–Trinajstić information content (AvgIpc) is 2.96. The van der Waals surface area contributed by atoms with E-state index in [1.807, 2.05) is 11.4 Å². The standard InChI is InChI=1S/C16H16ClNO4S/c1-18(15(19)7-6-14-8-11(17)10-23-14)12-2-4-13(5-3-12)22-9-16(20)21/h2-5,8,10H,6-7,9H2,1H3,(H,20,21). The summed E-state index contributed by atoms with van der Waals surface area (Å²) in [6.45, 7) is -0.391. The molecular weight excluding hydrogens is 338 g/mol. The molecule has 1 aromatic carbocycles. The summed E-state index contributed by atoms with van der Waals surface area (Å²) in [6, 6.07) is 8.59. The summed E-state index contributed by atoms with van der Waals surface area (Å²) >= 11 is 7.40. The summed E-state index contributed by atoms with van der Waals surface area (Å²) in [5.41, 5.74) is 0.724. The van der Waals surface area contributed by atoms with E-state index in [4.69, 9.17) is 21.4 Å². The van der Waals surface area contributed by atoms with Gasteiger partial charge in [0.1, 0.15) is 5.75 Å². The predicted molar refractivity (Wildman–Crippen MR) is 90.6 cm³/mol. The molecule has 23 heavy (non-hydrogen) atoms. The number of aliphatic carboxylic acids is 1. The highest BCUT2D eigenvalue weighted by atomic mass is 35.5. The minimum atomic E-state index is -1.03. The Morgan fingerprint density at radius 1 is 1.30 bits per heavy atom. The van der Waals surface area contributed by atoms with Crippen molar-refractivity contribution in [3.05, 3.63) is 45.6 Å². The minimum absolute atomic E-state index is 0.00581. The summed E-state index contributed by atoms with van der Waals surface area (Å²) in [5.74, 6) is -0.589. The fourth-order valence-electron chi connectivity index (χ4n) is 1.94. The Bertz CT molecular complexity index is 684. The summed E-state index contributed by atoms with van der Waals surface area (Å²) in [7, 11) is 1.71. The van der Waals surface area contributed by atoms with Gasteiger partial charge in [-0.1, -0.05) is 11.6 Å². The number of carboxylic acids is 1. The number of carboxylic acid groups (broad SMARTS) is 1. The molecule has 1 aromatic heterocycles. The molecular formula is C16H16ClNO4S. The second-order valence-electron chi connectivity index (χ2n) is 4.86. The molecule has 1 amide bonds. The summed E-state index contributed by atoms with van der Waals surface area (Å²) in [5, 5.41) is 11.1. The molecule has 0 radical (unpaired) electrons. The van der Waals surface area contributed by atoms with Crippen LogP contribution in [0.5, 0.6) is 5.75 Å². The maximum absolute atomic E-state index is 12.2. The average molecular weight is 354 g/mol.